The van der Waals surface area contributed by atoms with Crippen molar-refractivity contribution in [3.8, 4) is 0 Å². The van der Waals surface area contributed by atoms with Crippen molar-refractivity contribution in [2.24, 2.45) is 0 Å². The number of carbonyl (C=O) groups excluding carboxylic acids is 2. The molecule has 0 aromatic carbocycles. The predicted molar refractivity (Wildman–Crippen MR) is 80.5 cm³/mol. The molecular formula is C15H29N3O2. The highest BCUT2D eigenvalue weighted by Crippen LogP contribution is 2.09. The average molecular weight is 283 g/mol. The van der Waals surface area contributed by atoms with Gasteiger partial charge in [0.25, 0.3) is 0 Å². The Bertz CT molecular complexity index is 295. The van der Waals surface area contributed by atoms with Crippen LogP contribution in [0.25, 0.3) is 0 Å². The van der Waals surface area contributed by atoms with E-state index < -0.39 is 5.91 Å². The van der Waals surface area contributed by atoms with Gasteiger partial charge in [-0.2, -0.15) is 0 Å². The van der Waals surface area contributed by atoms with Gasteiger partial charge in [-0.3, -0.25) is 9.59 Å². The molecule has 2 amide bonds. The van der Waals surface area contributed by atoms with Crippen molar-refractivity contribution in [1.29, 1.82) is 0 Å². The summed E-state index contributed by atoms with van der Waals surface area (Å²) in [6.07, 6.45) is 5.24. The molecule has 1 heterocycles. The van der Waals surface area contributed by atoms with Crippen LogP contribution in [-0.2, 0) is 9.59 Å². The standard InChI is InChI=1S/C15H29N3O2/c1-3-17(4-2)11-9-10-16-14(19)15(20)18-12-7-5-6-8-13-18/h3-13H2,1-2H3,(H,16,19). The Morgan fingerprint density at radius 3 is 2.20 bits per heavy atom. The second-order valence-electron chi connectivity index (χ2n) is 5.34. The molecule has 0 spiro atoms. The minimum Gasteiger partial charge on any atom is -0.348 e. The van der Waals surface area contributed by atoms with Gasteiger partial charge in [-0.1, -0.05) is 26.7 Å². The van der Waals surface area contributed by atoms with E-state index in [2.05, 4.69) is 24.1 Å². The molecule has 1 fully saturated rings. The third kappa shape index (κ3) is 5.90. The maximum absolute atomic E-state index is 12.0. The zero-order chi connectivity index (χ0) is 14.8. The summed E-state index contributed by atoms with van der Waals surface area (Å²) in [5.74, 6) is -0.791. The molecule has 5 nitrogen and oxygen atoms in total. The monoisotopic (exact) mass is 283 g/mol. The second-order valence-corrected chi connectivity index (χ2v) is 5.34. The van der Waals surface area contributed by atoms with Crippen LogP contribution in [0.1, 0.15) is 46.0 Å². The van der Waals surface area contributed by atoms with Gasteiger partial charge in [0.05, 0.1) is 0 Å². The first-order chi connectivity index (χ1) is 9.69. The Morgan fingerprint density at radius 2 is 1.65 bits per heavy atom. The number of rotatable bonds is 6. The molecule has 0 aromatic heterocycles. The number of carbonyl (C=O) groups is 2. The van der Waals surface area contributed by atoms with Gasteiger partial charge in [-0.15, -0.1) is 0 Å². The molecular weight excluding hydrogens is 254 g/mol. The molecule has 0 aliphatic carbocycles. The Balaban J connectivity index is 2.22. The molecule has 1 rings (SSSR count). The molecule has 1 saturated heterocycles. The summed E-state index contributed by atoms with van der Waals surface area (Å²) in [6, 6.07) is 0. The smallest absolute Gasteiger partial charge is 0.311 e. The summed E-state index contributed by atoms with van der Waals surface area (Å²) >= 11 is 0. The lowest BCUT2D eigenvalue weighted by molar-refractivity contribution is -0.145. The number of likely N-dealkylation sites (tertiary alicyclic amines) is 1. The van der Waals surface area contributed by atoms with E-state index in [-0.39, 0.29) is 5.91 Å². The molecule has 0 bridgehead atoms. The van der Waals surface area contributed by atoms with Crippen LogP contribution >= 0.6 is 0 Å². The SMILES string of the molecule is CCN(CC)CCCNC(=O)C(=O)N1CCCCCC1. The lowest BCUT2D eigenvalue weighted by atomic mass is 10.2. The van der Waals surface area contributed by atoms with E-state index >= 15 is 0 Å². The molecule has 5 heteroatoms. The van der Waals surface area contributed by atoms with Gasteiger partial charge in [0.15, 0.2) is 0 Å². The largest absolute Gasteiger partial charge is 0.348 e. The Labute approximate surface area is 122 Å². The van der Waals surface area contributed by atoms with E-state index in [9.17, 15) is 9.59 Å². The lowest BCUT2D eigenvalue weighted by Gasteiger charge is -2.20. The summed E-state index contributed by atoms with van der Waals surface area (Å²) in [7, 11) is 0. The second kappa shape index (κ2) is 9.75. The quantitative estimate of drug-likeness (QED) is 0.589. The van der Waals surface area contributed by atoms with E-state index in [0.717, 1.165) is 64.8 Å². The van der Waals surface area contributed by atoms with Crippen LogP contribution in [-0.4, -0.2) is 60.9 Å². The van der Waals surface area contributed by atoms with Gasteiger partial charge in [-0.25, -0.2) is 0 Å². The molecule has 0 radical (unpaired) electrons. The number of hydrogen-bond acceptors (Lipinski definition) is 3. The fourth-order valence-electron chi connectivity index (χ4n) is 2.54. The van der Waals surface area contributed by atoms with Gasteiger partial charge >= 0.3 is 11.8 Å². The first-order valence-electron chi connectivity index (χ1n) is 7.98. The fourth-order valence-corrected chi connectivity index (χ4v) is 2.54. The Kier molecular flexibility index (Phi) is 8.26. The van der Waals surface area contributed by atoms with Crippen molar-refractivity contribution >= 4 is 11.8 Å². The first-order valence-corrected chi connectivity index (χ1v) is 7.98. The summed E-state index contributed by atoms with van der Waals surface area (Å²) in [5, 5.41) is 2.75. The van der Waals surface area contributed by atoms with Crippen LogP contribution in [0.4, 0.5) is 0 Å². The summed E-state index contributed by atoms with van der Waals surface area (Å²) in [6.45, 7) is 9.31. The van der Waals surface area contributed by atoms with Crippen LogP contribution in [0.5, 0.6) is 0 Å². The van der Waals surface area contributed by atoms with E-state index in [1.807, 2.05) is 0 Å². The van der Waals surface area contributed by atoms with Crippen molar-refractivity contribution in [2.45, 2.75) is 46.0 Å². The minimum atomic E-state index is -0.438. The molecule has 116 valence electrons. The van der Waals surface area contributed by atoms with Gasteiger partial charge in [0.1, 0.15) is 0 Å². The molecule has 1 N–H and O–H groups in total. The van der Waals surface area contributed by atoms with Gasteiger partial charge in [0, 0.05) is 19.6 Å². The Hall–Kier alpha value is -1.10. The number of hydrogen-bond donors (Lipinski definition) is 1. The summed E-state index contributed by atoms with van der Waals surface area (Å²) in [4.78, 5) is 27.8. The van der Waals surface area contributed by atoms with E-state index in [1.54, 1.807) is 4.90 Å². The van der Waals surface area contributed by atoms with E-state index in [1.165, 1.54) is 0 Å². The van der Waals surface area contributed by atoms with Crippen molar-refractivity contribution in [3.63, 3.8) is 0 Å². The number of nitrogens with zero attached hydrogens (tertiary/aromatic N) is 2. The molecule has 0 saturated carbocycles. The molecule has 0 unspecified atom stereocenters. The topological polar surface area (TPSA) is 52.7 Å². The average Bonchev–Trinajstić information content (AvgIpc) is 2.75. The van der Waals surface area contributed by atoms with Gasteiger partial charge in [0.2, 0.25) is 0 Å². The predicted octanol–water partition coefficient (Wildman–Crippen LogP) is 1.24. The van der Waals surface area contributed by atoms with Crippen molar-refractivity contribution in [3.05, 3.63) is 0 Å². The summed E-state index contributed by atoms with van der Waals surface area (Å²) < 4.78 is 0. The summed E-state index contributed by atoms with van der Waals surface area (Å²) in [5.41, 5.74) is 0. The van der Waals surface area contributed by atoms with E-state index in [0.29, 0.717) is 6.54 Å². The third-order valence-corrected chi connectivity index (χ3v) is 3.92. The molecule has 1 aliphatic rings. The molecule has 0 aromatic rings. The normalized spacial score (nSPS) is 16.1. The Morgan fingerprint density at radius 1 is 1.05 bits per heavy atom. The fraction of sp³-hybridized carbons (Fsp3) is 0.867. The van der Waals surface area contributed by atoms with Crippen molar-refractivity contribution in [1.82, 2.24) is 15.1 Å². The van der Waals surface area contributed by atoms with Gasteiger partial charge in [-0.05, 0) is 38.9 Å². The number of amides is 2. The molecule has 20 heavy (non-hydrogen) atoms. The van der Waals surface area contributed by atoms with E-state index in [4.69, 9.17) is 0 Å². The van der Waals surface area contributed by atoms with Crippen LogP contribution in [0.3, 0.4) is 0 Å². The van der Waals surface area contributed by atoms with Gasteiger partial charge < -0.3 is 15.1 Å². The highest BCUT2D eigenvalue weighted by atomic mass is 16.2. The van der Waals surface area contributed by atoms with Crippen molar-refractivity contribution < 1.29 is 9.59 Å². The molecule has 0 atom stereocenters. The first kappa shape index (κ1) is 17.0. The van der Waals surface area contributed by atoms with Crippen LogP contribution in [0.15, 0.2) is 0 Å². The maximum atomic E-state index is 12.0. The maximum Gasteiger partial charge on any atom is 0.311 e. The highest BCUT2D eigenvalue weighted by molar-refractivity contribution is 6.35. The zero-order valence-electron chi connectivity index (χ0n) is 13.0. The number of nitrogens with one attached hydrogen (secondary N) is 1. The lowest BCUT2D eigenvalue weighted by Crippen LogP contribution is -2.44. The van der Waals surface area contributed by atoms with Crippen molar-refractivity contribution in [2.75, 3.05) is 39.3 Å². The third-order valence-electron chi connectivity index (χ3n) is 3.92. The minimum absolute atomic E-state index is 0.352. The zero-order valence-corrected chi connectivity index (χ0v) is 13.0. The van der Waals surface area contributed by atoms with Crippen LogP contribution in [0.2, 0.25) is 0 Å². The molecule has 1 aliphatic heterocycles. The van der Waals surface area contributed by atoms with Crippen LogP contribution < -0.4 is 5.32 Å². The highest BCUT2D eigenvalue weighted by Gasteiger charge is 2.21. The van der Waals surface area contributed by atoms with Crippen LogP contribution in [0, 0.1) is 0 Å².